The summed E-state index contributed by atoms with van der Waals surface area (Å²) in [6.45, 7) is 5.63. The van der Waals surface area contributed by atoms with Crippen molar-refractivity contribution in [2.75, 3.05) is 34.0 Å². The lowest BCUT2D eigenvalue weighted by Crippen LogP contribution is -2.46. The van der Waals surface area contributed by atoms with Crippen LogP contribution in [0.4, 0.5) is 23.0 Å². The predicted octanol–water partition coefficient (Wildman–Crippen LogP) is 3.60. The van der Waals surface area contributed by atoms with Crippen molar-refractivity contribution in [3.63, 3.8) is 0 Å². The first-order valence-electron chi connectivity index (χ1n) is 12.3. The van der Waals surface area contributed by atoms with Crippen LogP contribution in [0.3, 0.4) is 0 Å². The van der Waals surface area contributed by atoms with Gasteiger partial charge in [0.05, 0.1) is 17.4 Å². The predicted molar refractivity (Wildman–Crippen MR) is 141 cm³/mol. The number of carbonyl (C=O) groups excluding carboxylic acids is 2. The Morgan fingerprint density at radius 1 is 1.06 bits per heavy atom. The minimum atomic E-state index is -0.889. The van der Waals surface area contributed by atoms with Gasteiger partial charge in [0, 0.05) is 24.3 Å². The molecule has 9 heteroatoms. The van der Waals surface area contributed by atoms with E-state index in [4.69, 9.17) is 10.7 Å². The fourth-order valence-electron chi connectivity index (χ4n) is 4.86. The molecule has 1 atom stereocenters. The number of carbonyl (C=O) groups is 2. The third-order valence-corrected chi connectivity index (χ3v) is 6.76. The van der Waals surface area contributed by atoms with Gasteiger partial charge in [0.15, 0.2) is 0 Å². The van der Waals surface area contributed by atoms with E-state index in [0.717, 1.165) is 37.3 Å². The number of nitrogens with zero attached hydrogens (tertiary/aromatic N) is 4. The summed E-state index contributed by atoms with van der Waals surface area (Å²) >= 11 is 0. The number of nitrogens with two attached hydrogens (primary N) is 1. The highest BCUT2D eigenvalue weighted by molar-refractivity contribution is 6.14. The van der Waals surface area contributed by atoms with E-state index in [1.807, 2.05) is 56.3 Å². The molecule has 0 bridgehead atoms. The molecule has 36 heavy (non-hydrogen) atoms. The van der Waals surface area contributed by atoms with Gasteiger partial charge >= 0.3 is 0 Å². The second-order valence-electron chi connectivity index (χ2n) is 9.85. The average molecular weight is 486 g/mol. The Labute approximate surface area is 210 Å². The second-order valence-corrected chi connectivity index (χ2v) is 9.85. The van der Waals surface area contributed by atoms with E-state index in [1.165, 1.54) is 11.4 Å². The Hall–Kier alpha value is -3.98. The van der Waals surface area contributed by atoms with Gasteiger partial charge in [-0.3, -0.25) is 9.59 Å². The zero-order valence-electron chi connectivity index (χ0n) is 20.6. The third kappa shape index (κ3) is 4.61. The number of aromatic nitrogens is 2. The van der Waals surface area contributed by atoms with E-state index < -0.39 is 11.5 Å². The summed E-state index contributed by atoms with van der Waals surface area (Å²) in [6.07, 6.45) is 5.26. The lowest BCUT2D eigenvalue weighted by Gasteiger charge is -2.27. The highest BCUT2D eigenvalue weighted by atomic mass is 16.2. The number of piperidine rings is 1. The minimum absolute atomic E-state index is 0.294. The molecule has 3 aromatic rings. The quantitative estimate of drug-likeness (QED) is 0.473. The summed E-state index contributed by atoms with van der Waals surface area (Å²) in [5, 5.41) is 4.34. The molecule has 5 rings (SSSR count). The average Bonchev–Trinajstić information content (AvgIpc) is 3.14. The molecule has 3 heterocycles. The van der Waals surface area contributed by atoms with Crippen LogP contribution in [0.25, 0.3) is 11.3 Å². The molecule has 0 aliphatic carbocycles. The molecule has 2 aliphatic heterocycles. The standard InChI is InChI=1S/C27H31N7O2/c1-27(2)22(26(36)34(32-27)20-9-5-3-6-10-20)25(35)30-19-13-11-18(12-14-19)23-24(28)29-17-21(31-23)33-15-7-4-8-16-33/h3,5-6,9-14,17,22,32H,4,7-8,15-16H2,1-2H3,(H2,28,29)(H,30,35). The first kappa shape index (κ1) is 23.7. The van der Waals surface area contributed by atoms with E-state index in [9.17, 15) is 9.59 Å². The fourth-order valence-corrected chi connectivity index (χ4v) is 4.86. The number of anilines is 4. The highest BCUT2D eigenvalue weighted by Crippen LogP contribution is 2.32. The molecule has 2 aromatic carbocycles. The summed E-state index contributed by atoms with van der Waals surface area (Å²) in [5.41, 5.74) is 11.3. The van der Waals surface area contributed by atoms with Crippen molar-refractivity contribution in [1.29, 1.82) is 0 Å². The number of rotatable bonds is 5. The van der Waals surface area contributed by atoms with Crippen LogP contribution in [0.5, 0.6) is 0 Å². The summed E-state index contributed by atoms with van der Waals surface area (Å²) in [5.74, 6) is -0.361. The van der Waals surface area contributed by atoms with Crippen LogP contribution in [-0.4, -0.2) is 40.4 Å². The number of nitrogen functional groups attached to an aromatic ring is 1. The molecule has 4 N–H and O–H groups in total. The number of hydrogen-bond acceptors (Lipinski definition) is 7. The van der Waals surface area contributed by atoms with Crippen molar-refractivity contribution in [3.8, 4) is 11.3 Å². The summed E-state index contributed by atoms with van der Waals surface area (Å²) in [6, 6.07) is 16.5. The number of para-hydroxylation sites is 1. The Morgan fingerprint density at radius 3 is 2.44 bits per heavy atom. The van der Waals surface area contributed by atoms with Crippen molar-refractivity contribution < 1.29 is 9.59 Å². The number of hydrazine groups is 1. The fraction of sp³-hybridized carbons (Fsp3) is 0.333. The molecular formula is C27H31N7O2. The lowest BCUT2D eigenvalue weighted by atomic mass is 9.88. The molecule has 186 valence electrons. The van der Waals surface area contributed by atoms with Gasteiger partial charge in [-0.1, -0.05) is 30.3 Å². The molecule has 2 amide bonds. The zero-order valence-corrected chi connectivity index (χ0v) is 20.6. The van der Waals surface area contributed by atoms with Gasteiger partial charge < -0.3 is 16.0 Å². The molecule has 2 saturated heterocycles. The van der Waals surface area contributed by atoms with Crippen LogP contribution in [0.2, 0.25) is 0 Å². The van der Waals surface area contributed by atoms with Gasteiger partial charge in [0.2, 0.25) is 5.91 Å². The normalized spacial score (nSPS) is 19.4. The van der Waals surface area contributed by atoms with Crippen molar-refractivity contribution in [2.24, 2.45) is 5.92 Å². The Morgan fingerprint density at radius 2 is 1.75 bits per heavy atom. The molecule has 1 unspecified atom stereocenters. The number of nitrogens with one attached hydrogen (secondary N) is 2. The van der Waals surface area contributed by atoms with Crippen LogP contribution >= 0.6 is 0 Å². The Balaban J connectivity index is 1.31. The van der Waals surface area contributed by atoms with Crippen molar-refractivity contribution in [1.82, 2.24) is 15.4 Å². The number of hydrogen-bond donors (Lipinski definition) is 3. The molecule has 2 aliphatic rings. The monoisotopic (exact) mass is 485 g/mol. The van der Waals surface area contributed by atoms with E-state index in [-0.39, 0.29) is 11.8 Å². The van der Waals surface area contributed by atoms with E-state index in [1.54, 1.807) is 18.3 Å². The smallest absolute Gasteiger partial charge is 0.255 e. The molecular weight excluding hydrogens is 454 g/mol. The molecule has 0 saturated carbocycles. The SMILES string of the molecule is CC1(C)NN(c2ccccc2)C(=O)C1C(=O)Nc1ccc(-c2nc(N3CCCCC3)cnc2N)cc1. The minimum Gasteiger partial charge on any atom is -0.382 e. The number of amides is 2. The maximum Gasteiger partial charge on any atom is 0.255 e. The molecule has 1 aromatic heterocycles. The van der Waals surface area contributed by atoms with Gasteiger partial charge in [0.1, 0.15) is 23.2 Å². The van der Waals surface area contributed by atoms with Crippen molar-refractivity contribution >= 4 is 34.8 Å². The van der Waals surface area contributed by atoms with Gasteiger partial charge in [-0.05, 0) is 57.4 Å². The Bertz CT molecular complexity index is 1250. The van der Waals surface area contributed by atoms with E-state index in [0.29, 0.717) is 22.9 Å². The molecule has 0 radical (unpaired) electrons. The molecule has 0 spiro atoms. The maximum atomic E-state index is 13.2. The first-order valence-corrected chi connectivity index (χ1v) is 12.3. The van der Waals surface area contributed by atoms with Gasteiger partial charge in [-0.2, -0.15) is 0 Å². The van der Waals surface area contributed by atoms with Crippen LogP contribution in [0.15, 0.2) is 60.8 Å². The first-order chi connectivity index (χ1) is 17.3. The van der Waals surface area contributed by atoms with E-state index in [2.05, 4.69) is 20.6 Å². The van der Waals surface area contributed by atoms with Gasteiger partial charge in [0.25, 0.3) is 5.91 Å². The van der Waals surface area contributed by atoms with Crippen molar-refractivity contribution in [3.05, 3.63) is 60.8 Å². The summed E-state index contributed by atoms with van der Waals surface area (Å²) < 4.78 is 0. The van der Waals surface area contributed by atoms with Crippen LogP contribution in [0.1, 0.15) is 33.1 Å². The summed E-state index contributed by atoms with van der Waals surface area (Å²) in [4.78, 5) is 37.7. The Kier molecular flexibility index (Phi) is 6.32. The van der Waals surface area contributed by atoms with Gasteiger partial charge in [-0.15, -0.1) is 0 Å². The van der Waals surface area contributed by atoms with Crippen LogP contribution < -0.4 is 26.4 Å². The topological polar surface area (TPSA) is 116 Å². The lowest BCUT2D eigenvalue weighted by molar-refractivity contribution is -0.130. The van der Waals surface area contributed by atoms with Crippen molar-refractivity contribution in [2.45, 2.75) is 38.6 Å². The van der Waals surface area contributed by atoms with Crippen LogP contribution in [0, 0.1) is 5.92 Å². The van der Waals surface area contributed by atoms with Gasteiger partial charge in [-0.25, -0.2) is 20.4 Å². The maximum absolute atomic E-state index is 13.2. The molecule has 9 nitrogen and oxygen atoms in total. The largest absolute Gasteiger partial charge is 0.382 e. The van der Waals surface area contributed by atoms with Crippen LogP contribution in [-0.2, 0) is 9.59 Å². The number of benzene rings is 2. The third-order valence-electron chi connectivity index (χ3n) is 6.76. The molecule has 2 fully saturated rings. The second kappa shape index (κ2) is 9.58. The zero-order chi connectivity index (χ0) is 25.3. The van der Waals surface area contributed by atoms with E-state index >= 15 is 0 Å². The highest BCUT2D eigenvalue weighted by Gasteiger charge is 2.50. The summed E-state index contributed by atoms with van der Waals surface area (Å²) in [7, 11) is 0.